The monoisotopic (exact) mass is 406 g/mol. The quantitative estimate of drug-likeness (QED) is 0.346. The lowest BCUT2D eigenvalue weighted by molar-refractivity contribution is 0.0989. The molecule has 2 heterocycles. The average molecular weight is 406 g/mol. The van der Waals surface area contributed by atoms with E-state index >= 15 is 0 Å². The summed E-state index contributed by atoms with van der Waals surface area (Å²) >= 11 is 1.30. The summed E-state index contributed by atoms with van der Waals surface area (Å²) in [5, 5.41) is 0.426. The van der Waals surface area contributed by atoms with E-state index < -0.39 is 34.3 Å². The molecule has 2 aromatic carbocycles. The number of nitrogens with zero attached hydrogens (tertiary/aromatic N) is 2. The number of fused-ring (bicyclic) bond motifs is 2. The smallest absolute Gasteiger partial charge is 0.200 e. The molecule has 142 valence electrons. The maximum atomic E-state index is 14.0. The van der Waals surface area contributed by atoms with Gasteiger partial charge in [-0.2, -0.15) is 0 Å². The first-order valence-corrected chi connectivity index (χ1v) is 9.58. The SMILES string of the molecule is Cn1c(-c2ccccc2)cc2sc(C=C3C(=O)c4c(F)ccc(F)c4C3=O)nc21. The fraction of sp³-hybridized carbons (Fsp3) is 0.0455. The number of ketones is 2. The summed E-state index contributed by atoms with van der Waals surface area (Å²) in [4.78, 5) is 29.6. The van der Waals surface area contributed by atoms with Crippen LogP contribution in [-0.2, 0) is 7.05 Å². The van der Waals surface area contributed by atoms with Gasteiger partial charge < -0.3 is 4.57 Å². The number of aromatic nitrogens is 2. The van der Waals surface area contributed by atoms with Gasteiger partial charge in [0.2, 0.25) is 11.6 Å². The normalized spacial score (nSPS) is 13.4. The van der Waals surface area contributed by atoms with Crippen molar-refractivity contribution in [3.8, 4) is 11.3 Å². The highest BCUT2D eigenvalue weighted by Crippen LogP contribution is 2.35. The zero-order valence-corrected chi connectivity index (χ0v) is 15.9. The van der Waals surface area contributed by atoms with Crippen LogP contribution in [0.15, 0.2) is 54.1 Å². The lowest BCUT2D eigenvalue weighted by atomic mass is 10.1. The van der Waals surface area contributed by atoms with E-state index in [9.17, 15) is 18.4 Å². The Morgan fingerprint density at radius 1 is 0.966 bits per heavy atom. The number of aryl methyl sites for hydroxylation is 1. The summed E-state index contributed by atoms with van der Waals surface area (Å²) in [5.41, 5.74) is 1.45. The number of thiazole rings is 1. The lowest BCUT2D eigenvalue weighted by Gasteiger charge is -2.02. The second-order valence-corrected chi connectivity index (χ2v) is 7.75. The molecule has 0 amide bonds. The van der Waals surface area contributed by atoms with Gasteiger partial charge >= 0.3 is 0 Å². The van der Waals surface area contributed by atoms with E-state index in [1.807, 2.05) is 48.0 Å². The number of allylic oxidation sites excluding steroid dienone is 1. The van der Waals surface area contributed by atoms with Gasteiger partial charge in [0.15, 0.2) is 5.65 Å². The third kappa shape index (κ3) is 2.58. The van der Waals surface area contributed by atoms with Crippen molar-refractivity contribution in [1.29, 1.82) is 0 Å². The predicted octanol–water partition coefficient (Wildman–Crippen LogP) is 5.04. The molecule has 29 heavy (non-hydrogen) atoms. The molecular formula is C22H12F2N2O2S. The summed E-state index contributed by atoms with van der Waals surface area (Å²) in [7, 11) is 1.88. The van der Waals surface area contributed by atoms with Crippen molar-refractivity contribution in [2.24, 2.45) is 7.05 Å². The molecule has 4 nitrogen and oxygen atoms in total. The molecule has 0 fully saturated rings. The Kier molecular flexibility index (Phi) is 3.82. The second-order valence-electron chi connectivity index (χ2n) is 6.69. The van der Waals surface area contributed by atoms with E-state index in [1.54, 1.807) is 0 Å². The molecule has 4 aromatic rings. The van der Waals surface area contributed by atoms with Gasteiger partial charge in [-0.3, -0.25) is 9.59 Å². The number of carbonyl (C=O) groups is 2. The van der Waals surface area contributed by atoms with Gasteiger partial charge in [0.05, 0.1) is 27.1 Å². The lowest BCUT2D eigenvalue weighted by Crippen LogP contribution is -2.01. The van der Waals surface area contributed by atoms with Crippen LogP contribution in [0.3, 0.4) is 0 Å². The first kappa shape index (κ1) is 17.6. The van der Waals surface area contributed by atoms with Gasteiger partial charge in [-0.25, -0.2) is 13.8 Å². The fourth-order valence-corrected chi connectivity index (χ4v) is 4.56. The topological polar surface area (TPSA) is 52.0 Å². The number of hydrogen-bond acceptors (Lipinski definition) is 4. The van der Waals surface area contributed by atoms with Crippen LogP contribution in [0.2, 0.25) is 0 Å². The van der Waals surface area contributed by atoms with Crippen molar-refractivity contribution in [1.82, 2.24) is 9.55 Å². The summed E-state index contributed by atoms with van der Waals surface area (Å²) < 4.78 is 30.8. The van der Waals surface area contributed by atoms with Crippen LogP contribution in [-0.4, -0.2) is 21.1 Å². The molecule has 0 N–H and O–H groups in total. The Morgan fingerprint density at radius 2 is 1.59 bits per heavy atom. The van der Waals surface area contributed by atoms with E-state index in [1.165, 1.54) is 17.4 Å². The minimum absolute atomic E-state index is 0.272. The minimum Gasteiger partial charge on any atom is -0.328 e. The number of halogens is 2. The highest BCUT2D eigenvalue weighted by atomic mass is 32.1. The molecule has 0 saturated heterocycles. The average Bonchev–Trinajstić information content (AvgIpc) is 3.33. The Balaban J connectivity index is 1.58. The van der Waals surface area contributed by atoms with Crippen LogP contribution in [0.5, 0.6) is 0 Å². The molecule has 5 rings (SSSR count). The molecule has 0 aliphatic heterocycles. The Bertz CT molecular complexity index is 1320. The van der Waals surface area contributed by atoms with Crippen molar-refractivity contribution in [3.05, 3.63) is 81.9 Å². The van der Waals surface area contributed by atoms with Crippen molar-refractivity contribution in [3.63, 3.8) is 0 Å². The second kappa shape index (κ2) is 6.28. The Hall–Kier alpha value is -3.45. The number of carbonyl (C=O) groups excluding carboxylic acids is 2. The van der Waals surface area contributed by atoms with Crippen LogP contribution in [0, 0.1) is 11.6 Å². The van der Waals surface area contributed by atoms with Crippen molar-refractivity contribution >= 4 is 39.3 Å². The van der Waals surface area contributed by atoms with Crippen LogP contribution in [0.1, 0.15) is 25.7 Å². The minimum atomic E-state index is -0.903. The fourth-order valence-electron chi connectivity index (χ4n) is 3.58. The highest BCUT2D eigenvalue weighted by Gasteiger charge is 2.38. The first-order chi connectivity index (χ1) is 14.0. The van der Waals surface area contributed by atoms with Gasteiger partial charge in [-0.15, -0.1) is 11.3 Å². The Labute approximate surface area is 167 Å². The van der Waals surface area contributed by atoms with E-state index in [4.69, 9.17) is 0 Å². The zero-order valence-electron chi connectivity index (χ0n) is 15.1. The summed E-state index contributed by atoms with van der Waals surface area (Å²) in [6.07, 6.45) is 1.32. The van der Waals surface area contributed by atoms with E-state index in [0.29, 0.717) is 10.7 Å². The van der Waals surface area contributed by atoms with Gasteiger partial charge in [-0.1, -0.05) is 30.3 Å². The molecule has 2 aromatic heterocycles. The maximum absolute atomic E-state index is 14.0. The molecule has 0 unspecified atom stereocenters. The predicted molar refractivity (Wildman–Crippen MR) is 107 cm³/mol. The van der Waals surface area contributed by atoms with Crippen LogP contribution in [0.4, 0.5) is 8.78 Å². The zero-order chi connectivity index (χ0) is 20.3. The number of Topliss-reactive ketones (excluding diaryl/α,β-unsaturated/α-hetero) is 2. The molecule has 0 atom stereocenters. The molecule has 1 aliphatic rings. The van der Waals surface area contributed by atoms with Crippen molar-refractivity contribution < 1.29 is 18.4 Å². The Morgan fingerprint density at radius 3 is 2.17 bits per heavy atom. The molecule has 7 heteroatoms. The molecule has 0 bridgehead atoms. The van der Waals surface area contributed by atoms with E-state index in [2.05, 4.69) is 4.98 Å². The van der Waals surface area contributed by atoms with Crippen LogP contribution < -0.4 is 0 Å². The standard InChI is InChI=1S/C22H12F2N2O2S/c1-26-15(11-5-3-2-4-6-11)10-16-22(26)25-17(29-16)9-12-20(27)18-13(23)7-8-14(24)19(18)21(12)28/h2-10H,1H3. The number of benzene rings is 2. The summed E-state index contributed by atoms with van der Waals surface area (Å²) in [5.74, 6) is -3.43. The molecule has 0 spiro atoms. The summed E-state index contributed by atoms with van der Waals surface area (Å²) in [6.45, 7) is 0. The van der Waals surface area contributed by atoms with Crippen molar-refractivity contribution in [2.45, 2.75) is 0 Å². The molecule has 0 radical (unpaired) electrons. The third-order valence-corrected chi connectivity index (χ3v) is 5.92. The summed E-state index contributed by atoms with van der Waals surface area (Å²) in [6, 6.07) is 13.5. The van der Waals surface area contributed by atoms with Gasteiger partial charge in [0.25, 0.3) is 0 Å². The first-order valence-electron chi connectivity index (χ1n) is 8.76. The molecule has 0 saturated carbocycles. The largest absolute Gasteiger partial charge is 0.328 e. The maximum Gasteiger partial charge on any atom is 0.200 e. The van der Waals surface area contributed by atoms with Crippen LogP contribution >= 0.6 is 11.3 Å². The van der Waals surface area contributed by atoms with E-state index in [0.717, 1.165) is 28.1 Å². The highest BCUT2D eigenvalue weighted by molar-refractivity contribution is 7.19. The third-order valence-electron chi connectivity index (χ3n) is 4.98. The molecular weight excluding hydrogens is 394 g/mol. The van der Waals surface area contributed by atoms with Crippen LogP contribution in [0.25, 0.3) is 27.7 Å². The number of hydrogen-bond donors (Lipinski definition) is 0. The van der Waals surface area contributed by atoms with Gasteiger partial charge in [-0.05, 0) is 29.8 Å². The number of rotatable bonds is 2. The van der Waals surface area contributed by atoms with E-state index in [-0.39, 0.29) is 5.57 Å². The van der Waals surface area contributed by atoms with Gasteiger partial charge in [0.1, 0.15) is 16.6 Å². The van der Waals surface area contributed by atoms with Crippen molar-refractivity contribution in [2.75, 3.05) is 0 Å². The molecule has 1 aliphatic carbocycles. The van der Waals surface area contributed by atoms with Gasteiger partial charge in [0, 0.05) is 7.05 Å².